The lowest BCUT2D eigenvalue weighted by Crippen LogP contribution is -2.36. The highest BCUT2D eigenvalue weighted by molar-refractivity contribution is 5.80. The molecule has 0 saturated carbocycles. The smallest absolute Gasteiger partial charge is 0.305 e. The van der Waals surface area contributed by atoms with Crippen LogP contribution < -0.4 is 10.1 Å². The van der Waals surface area contributed by atoms with Gasteiger partial charge in [-0.2, -0.15) is 0 Å². The summed E-state index contributed by atoms with van der Waals surface area (Å²) in [5.74, 6) is 0.356. The van der Waals surface area contributed by atoms with Crippen molar-refractivity contribution in [1.29, 1.82) is 0 Å². The fourth-order valence-corrected chi connectivity index (χ4v) is 1.79. The first-order chi connectivity index (χ1) is 10.1. The summed E-state index contributed by atoms with van der Waals surface area (Å²) in [4.78, 5) is 22.7. The molecule has 1 rings (SSSR count). The minimum atomic E-state index is -0.525. The molecular formula is C16H23NO4. The van der Waals surface area contributed by atoms with Crippen LogP contribution in [0.1, 0.15) is 32.6 Å². The molecule has 1 N–H and O–H groups in total. The summed E-state index contributed by atoms with van der Waals surface area (Å²) in [6.45, 7) is 2.31. The second-order valence-electron chi connectivity index (χ2n) is 4.75. The molecule has 0 aromatic heterocycles. The third-order valence-corrected chi connectivity index (χ3v) is 3.01. The first kappa shape index (κ1) is 17.0. The van der Waals surface area contributed by atoms with Gasteiger partial charge in [0.1, 0.15) is 5.75 Å². The lowest BCUT2D eigenvalue weighted by Gasteiger charge is -2.14. The van der Waals surface area contributed by atoms with Gasteiger partial charge in [0, 0.05) is 13.0 Å². The molecule has 1 amide bonds. The Bertz CT molecular complexity index is 433. The number of hydrogen-bond acceptors (Lipinski definition) is 4. The monoisotopic (exact) mass is 293 g/mol. The molecule has 0 heterocycles. The highest BCUT2D eigenvalue weighted by Crippen LogP contribution is 2.10. The van der Waals surface area contributed by atoms with Crippen LogP contribution in [0, 0.1) is 0 Å². The Morgan fingerprint density at radius 3 is 2.52 bits per heavy atom. The molecule has 0 saturated heterocycles. The number of unbranched alkanes of at least 4 members (excludes halogenated alkanes) is 2. The van der Waals surface area contributed by atoms with Gasteiger partial charge in [0.2, 0.25) is 0 Å². The van der Waals surface area contributed by atoms with E-state index in [4.69, 9.17) is 4.74 Å². The molecule has 1 aromatic carbocycles. The van der Waals surface area contributed by atoms with Crippen LogP contribution in [0.25, 0.3) is 0 Å². The van der Waals surface area contributed by atoms with Crippen LogP contribution in [0.4, 0.5) is 0 Å². The zero-order valence-electron chi connectivity index (χ0n) is 12.6. The van der Waals surface area contributed by atoms with Gasteiger partial charge in [0.05, 0.1) is 7.11 Å². The lowest BCUT2D eigenvalue weighted by molar-refractivity contribution is -0.140. The van der Waals surface area contributed by atoms with Crippen molar-refractivity contribution in [2.75, 3.05) is 13.7 Å². The molecule has 1 aromatic rings. The Morgan fingerprint density at radius 2 is 1.86 bits per heavy atom. The minimum absolute atomic E-state index is 0.133. The zero-order valence-corrected chi connectivity index (χ0v) is 12.6. The summed E-state index contributed by atoms with van der Waals surface area (Å²) in [6, 6.07) is 9.25. The number of rotatable bonds is 9. The molecule has 1 atom stereocenters. The van der Waals surface area contributed by atoms with E-state index in [0.29, 0.717) is 18.7 Å². The third kappa shape index (κ3) is 7.34. The maximum absolute atomic E-state index is 11.8. The lowest BCUT2D eigenvalue weighted by atomic mass is 10.2. The number of esters is 1. The Kier molecular flexibility index (Phi) is 7.94. The topological polar surface area (TPSA) is 64.6 Å². The van der Waals surface area contributed by atoms with Gasteiger partial charge in [0.15, 0.2) is 6.10 Å². The quantitative estimate of drug-likeness (QED) is 0.560. The van der Waals surface area contributed by atoms with Crippen molar-refractivity contribution in [3.8, 4) is 5.75 Å². The average molecular weight is 293 g/mol. The minimum Gasteiger partial charge on any atom is -0.481 e. The van der Waals surface area contributed by atoms with E-state index < -0.39 is 6.10 Å². The third-order valence-electron chi connectivity index (χ3n) is 3.01. The molecule has 0 aliphatic rings. The molecule has 0 spiro atoms. The predicted octanol–water partition coefficient (Wildman–Crippen LogP) is 2.30. The van der Waals surface area contributed by atoms with Gasteiger partial charge in [-0.15, -0.1) is 0 Å². The van der Waals surface area contributed by atoms with E-state index in [1.165, 1.54) is 7.11 Å². The molecule has 5 heteroatoms. The maximum atomic E-state index is 11.8. The van der Waals surface area contributed by atoms with E-state index in [1.807, 2.05) is 30.3 Å². The van der Waals surface area contributed by atoms with Gasteiger partial charge in [-0.25, -0.2) is 0 Å². The summed E-state index contributed by atoms with van der Waals surface area (Å²) < 4.78 is 10.1. The molecule has 1 unspecified atom stereocenters. The first-order valence-electron chi connectivity index (χ1n) is 7.19. The molecule has 0 bridgehead atoms. The fourth-order valence-electron chi connectivity index (χ4n) is 1.79. The second kappa shape index (κ2) is 9.80. The molecule has 0 aliphatic heterocycles. The van der Waals surface area contributed by atoms with E-state index in [9.17, 15) is 9.59 Å². The van der Waals surface area contributed by atoms with E-state index in [1.54, 1.807) is 6.92 Å². The number of para-hydroxylation sites is 1. The normalized spacial score (nSPS) is 11.5. The number of carbonyl (C=O) groups is 2. The Hall–Kier alpha value is -2.04. The van der Waals surface area contributed by atoms with Crippen molar-refractivity contribution in [1.82, 2.24) is 5.32 Å². The van der Waals surface area contributed by atoms with Gasteiger partial charge in [-0.3, -0.25) is 9.59 Å². The molecule has 21 heavy (non-hydrogen) atoms. The molecule has 0 fully saturated rings. The van der Waals surface area contributed by atoms with Gasteiger partial charge in [-0.1, -0.05) is 24.6 Å². The fraction of sp³-hybridized carbons (Fsp3) is 0.500. The standard InChI is InChI=1S/C16H23NO4/c1-13(21-14-9-5-3-6-10-14)16(19)17-12-8-4-7-11-15(18)20-2/h3,5-6,9-10,13H,4,7-8,11-12H2,1-2H3,(H,17,19). The van der Waals surface area contributed by atoms with Crippen molar-refractivity contribution in [3.05, 3.63) is 30.3 Å². The summed E-state index contributed by atoms with van der Waals surface area (Å²) in [5.41, 5.74) is 0. The van der Waals surface area contributed by atoms with Crippen molar-refractivity contribution in [2.24, 2.45) is 0 Å². The molecule has 0 aliphatic carbocycles. The van der Waals surface area contributed by atoms with Gasteiger partial charge in [0.25, 0.3) is 5.91 Å². The van der Waals surface area contributed by atoms with Crippen LogP contribution in [-0.2, 0) is 14.3 Å². The van der Waals surface area contributed by atoms with E-state index in [2.05, 4.69) is 10.1 Å². The Balaban J connectivity index is 2.11. The van der Waals surface area contributed by atoms with E-state index in [0.717, 1.165) is 19.3 Å². The van der Waals surface area contributed by atoms with Crippen LogP contribution in [0.3, 0.4) is 0 Å². The van der Waals surface area contributed by atoms with Crippen molar-refractivity contribution in [2.45, 2.75) is 38.7 Å². The van der Waals surface area contributed by atoms with Gasteiger partial charge >= 0.3 is 5.97 Å². The Labute approximate surface area is 125 Å². The highest BCUT2D eigenvalue weighted by atomic mass is 16.5. The van der Waals surface area contributed by atoms with Crippen LogP contribution in [-0.4, -0.2) is 31.6 Å². The van der Waals surface area contributed by atoms with Crippen molar-refractivity contribution in [3.63, 3.8) is 0 Å². The number of hydrogen-bond donors (Lipinski definition) is 1. The number of nitrogens with one attached hydrogen (secondary N) is 1. The van der Waals surface area contributed by atoms with Crippen molar-refractivity contribution < 1.29 is 19.1 Å². The number of carbonyl (C=O) groups excluding carboxylic acids is 2. The van der Waals surface area contributed by atoms with Crippen molar-refractivity contribution >= 4 is 11.9 Å². The largest absolute Gasteiger partial charge is 0.481 e. The number of ether oxygens (including phenoxy) is 2. The molecule has 5 nitrogen and oxygen atoms in total. The predicted molar refractivity (Wildman–Crippen MR) is 80.0 cm³/mol. The molecule has 116 valence electrons. The SMILES string of the molecule is COC(=O)CCCCCNC(=O)C(C)Oc1ccccc1. The summed E-state index contributed by atoms with van der Waals surface area (Å²) in [5, 5.41) is 2.82. The number of benzene rings is 1. The van der Waals surface area contributed by atoms with Crippen LogP contribution >= 0.6 is 0 Å². The zero-order chi connectivity index (χ0) is 15.5. The second-order valence-corrected chi connectivity index (χ2v) is 4.75. The first-order valence-corrected chi connectivity index (χ1v) is 7.19. The Morgan fingerprint density at radius 1 is 1.14 bits per heavy atom. The number of amides is 1. The van der Waals surface area contributed by atoms with E-state index in [-0.39, 0.29) is 11.9 Å². The van der Waals surface area contributed by atoms with Crippen LogP contribution in [0.5, 0.6) is 5.75 Å². The van der Waals surface area contributed by atoms with Gasteiger partial charge < -0.3 is 14.8 Å². The highest BCUT2D eigenvalue weighted by Gasteiger charge is 2.13. The average Bonchev–Trinajstić information content (AvgIpc) is 2.51. The molecular weight excluding hydrogens is 270 g/mol. The van der Waals surface area contributed by atoms with Crippen LogP contribution in [0.2, 0.25) is 0 Å². The summed E-state index contributed by atoms with van der Waals surface area (Å²) in [6.07, 6.45) is 2.39. The summed E-state index contributed by atoms with van der Waals surface area (Å²) >= 11 is 0. The maximum Gasteiger partial charge on any atom is 0.305 e. The number of methoxy groups -OCH3 is 1. The van der Waals surface area contributed by atoms with Crippen LogP contribution in [0.15, 0.2) is 30.3 Å². The summed E-state index contributed by atoms with van der Waals surface area (Å²) in [7, 11) is 1.39. The van der Waals surface area contributed by atoms with Gasteiger partial charge in [-0.05, 0) is 31.9 Å². The molecule has 0 radical (unpaired) electrons. The van der Waals surface area contributed by atoms with E-state index >= 15 is 0 Å².